The maximum Gasteiger partial charge on any atom is 0.406 e. The number of nitrogens with zero attached hydrogens (tertiary/aromatic N) is 2. The predicted molar refractivity (Wildman–Crippen MR) is 119 cm³/mol. The highest BCUT2D eigenvalue weighted by Crippen LogP contribution is 2.30. The summed E-state index contributed by atoms with van der Waals surface area (Å²) >= 11 is 0. The third kappa shape index (κ3) is 4.51. The number of benzene rings is 2. The number of nitriles is 1. The lowest BCUT2D eigenvalue weighted by molar-refractivity contribution is -0.125. The fraction of sp³-hybridized carbons (Fsp3) is 0.0833. The Hall–Kier alpha value is -4.68. The van der Waals surface area contributed by atoms with Gasteiger partial charge in [-0.2, -0.15) is 5.26 Å². The van der Waals surface area contributed by atoms with Gasteiger partial charge in [0.25, 0.3) is 5.91 Å². The molecule has 3 aromatic rings. The Labute approximate surface area is 189 Å². The normalized spacial score (nSPS) is 16.5. The lowest BCUT2D eigenvalue weighted by Gasteiger charge is -2.27. The van der Waals surface area contributed by atoms with E-state index in [1.54, 1.807) is 79.1 Å². The van der Waals surface area contributed by atoms with Crippen molar-refractivity contribution in [2.45, 2.75) is 11.6 Å². The van der Waals surface area contributed by atoms with Gasteiger partial charge in [0.2, 0.25) is 0 Å². The standard InChI is InChI=1S/C24H19N5O4/c25-15-24(28-23(31)32,17-6-2-1-3-7-17)18-8-10-19(11-9-18)27-22(30)21-13-20(29-33-21)16-5-4-12-26-14-16/h1-14,21,28-29H,(H,27,30)(H,31,32). The minimum Gasteiger partial charge on any atom is -0.465 e. The molecule has 0 aliphatic carbocycles. The summed E-state index contributed by atoms with van der Waals surface area (Å²) < 4.78 is 0. The Kier molecular flexibility index (Phi) is 6.02. The van der Waals surface area contributed by atoms with E-state index in [0.29, 0.717) is 22.5 Å². The summed E-state index contributed by atoms with van der Waals surface area (Å²) in [6.45, 7) is 0. The Bertz CT molecular complexity index is 1220. The largest absolute Gasteiger partial charge is 0.465 e. The van der Waals surface area contributed by atoms with Gasteiger partial charge in [0.05, 0.1) is 5.70 Å². The monoisotopic (exact) mass is 441 g/mol. The number of aromatic nitrogens is 1. The highest BCUT2D eigenvalue weighted by Gasteiger charge is 2.36. The number of carbonyl (C=O) groups excluding carboxylic acids is 1. The van der Waals surface area contributed by atoms with Crippen LogP contribution in [0.2, 0.25) is 0 Å². The van der Waals surface area contributed by atoms with Gasteiger partial charge in [-0.15, -0.1) is 0 Å². The molecule has 0 bridgehead atoms. The van der Waals surface area contributed by atoms with Crippen LogP contribution in [0.25, 0.3) is 5.70 Å². The molecule has 9 nitrogen and oxygen atoms in total. The van der Waals surface area contributed by atoms with Gasteiger partial charge in [0.15, 0.2) is 11.6 Å². The number of amides is 2. The molecule has 4 N–H and O–H groups in total. The van der Waals surface area contributed by atoms with Gasteiger partial charge in [-0.3, -0.25) is 25.4 Å². The van der Waals surface area contributed by atoms with Crippen molar-refractivity contribution in [1.29, 1.82) is 5.26 Å². The minimum absolute atomic E-state index is 0.396. The number of carboxylic acid groups (broad SMARTS) is 1. The van der Waals surface area contributed by atoms with E-state index in [2.05, 4.69) is 27.2 Å². The molecule has 164 valence electrons. The summed E-state index contributed by atoms with van der Waals surface area (Å²) in [6.07, 6.45) is 2.77. The van der Waals surface area contributed by atoms with Crippen molar-refractivity contribution in [1.82, 2.24) is 15.8 Å². The van der Waals surface area contributed by atoms with Gasteiger partial charge < -0.3 is 10.4 Å². The molecular formula is C24H19N5O4. The van der Waals surface area contributed by atoms with E-state index in [9.17, 15) is 20.0 Å². The SMILES string of the molecule is N#CC(NC(=O)O)(c1ccccc1)c1ccc(NC(=O)C2C=C(c3cccnc3)NO2)cc1. The van der Waals surface area contributed by atoms with Crippen LogP contribution in [0.1, 0.15) is 16.7 Å². The van der Waals surface area contributed by atoms with E-state index in [1.165, 1.54) is 0 Å². The number of hydroxylamine groups is 1. The molecule has 1 aliphatic rings. The van der Waals surface area contributed by atoms with E-state index in [-0.39, 0.29) is 0 Å². The van der Waals surface area contributed by atoms with Crippen molar-refractivity contribution >= 4 is 23.4 Å². The van der Waals surface area contributed by atoms with Gasteiger partial charge in [-0.1, -0.05) is 42.5 Å². The Morgan fingerprint density at radius 1 is 1.06 bits per heavy atom. The Balaban J connectivity index is 1.53. The lowest BCUT2D eigenvalue weighted by Crippen LogP contribution is -2.45. The number of anilines is 1. The summed E-state index contributed by atoms with van der Waals surface area (Å²) in [5.74, 6) is -0.396. The zero-order chi connectivity index (χ0) is 23.3. The van der Waals surface area contributed by atoms with Crippen LogP contribution >= 0.6 is 0 Å². The summed E-state index contributed by atoms with van der Waals surface area (Å²) in [6, 6.07) is 20.6. The number of hydrogen-bond donors (Lipinski definition) is 4. The number of pyridine rings is 1. The maximum absolute atomic E-state index is 12.6. The fourth-order valence-electron chi connectivity index (χ4n) is 3.49. The third-order valence-corrected chi connectivity index (χ3v) is 5.10. The number of hydrogen-bond acceptors (Lipinski definition) is 6. The summed E-state index contributed by atoms with van der Waals surface area (Å²) in [5, 5.41) is 24.4. The van der Waals surface area contributed by atoms with Crippen molar-refractivity contribution < 1.29 is 19.5 Å². The summed E-state index contributed by atoms with van der Waals surface area (Å²) in [7, 11) is 0. The summed E-state index contributed by atoms with van der Waals surface area (Å²) in [5.41, 5.74) is 3.90. The molecule has 0 fully saturated rings. The summed E-state index contributed by atoms with van der Waals surface area (Å²) in [4.78, 5) is 33.5. The van der Waals surface area contributed by atoms with E-state index < -0.39 is 23.6 Å². The molecule has 0 radical (unpaired) electrons. The Morgan fingerprint density at radius 2 is 1.79 bits per heavy atom. The first-order chi connectivity index (χ1) is 16.0. The predicted octanol–water partition coefficient (Wildman–Crippen LogP) is 3.00. The topological polar surface area (TPSA) is 136 Å². The van der Waals surface area contributed by atoms with Crippen LogP contribution in [0.4, 0.5) is 10.5 Å². The van der Waals surface area contributed by atoms with Crippen molar-refractivity contribution in [3.05, 3.63) is 102 Å². The average molecular weight is 441 g/mol. The number of rotatable bonds is 6. The van der Waals surface area contributed by atoms with Crippen molar-refractivity contribution in [2.75, 3.05) is 5.32 Å². The average Bonchev–Trinajstić information content (AvgIpc) is 3.35. The van der Waals surface area contributed by atoms with Gasteiger partial charge in [0, 0.05) is 23.6 Å². The zero-order valence-corrected chi connectivity index (χ0v) is 17.2. The number of nitrogens with one attached hydrogen (secondary N) is 3. The molecule has 33 heavy (non-hydrogen) atoms. The second-order valence-electron chi connectivity index (χ2n) is 7.19. The van der Waals surface area contributed by atoms with E-state index in [4.69, 9.17) is 4.84 Å². The molecular weight excluding hydrogens is 422 g/mol. The molecule has 2 amide bonds. The third-order valence-electron chi connectivity index (χ3n) is 5.10. The van der Waals surface area contributed by atoms with Crippen LogP contribution < -0.4 is 16.1 Å². The molecule has 2 unspecified atom stereocenters. The highest BCUT2D eigenvalue weighted by atomic mass is 16.7. The number of carbonyl (C=O) groups is 2. The first kappa shape index (κ1) is 21.5. The van der Waals surface area contributed by atoms with Gasteiger partial charge in [-0.05, 0) is 41.5 Å². The van der Waals surface area contributed by atoms with Crippen LogP contribution in [-0.2, 0) is 15.2 Å². The fourth-order valence-corrected chi connectivity index (χ4v) is 3.49. The molecule has 2 aromatic carbocycles. The Morgan fingerprint density at radius 3 is 2.42 bits per heavy atom. The van der Waals surface area contributed by atoms with Crippen molar-refractivity contribution in [2.24, 2.45) is 0 Å². The van der Waals surface area contributed by atoms with Crippen LogP contribution in [-0.4, -0.2) is 28.2 Å². The minimum atomic E-state index is -1.60. The lowest BCUT2D eigenvalue weighted by atomic mass is 9.84. The van der Waals surface area contributed by atoms with Crippen LogP contribution in [0.5, 0.6) is 0 Å². The molecule has 1 aromatic heterocycles. The van der Waals surface area contributed by atoms with E-state index >= 15 is 0 Å². The molecule has 4 rings (SSSR count). The smallest absolute Gasteiger partial charge is 0.406 e. The molecule has 0 saturated carbocycles. The van der Waals surface area contributed by atoms with Crippen molar-refractivity contribution in [3.8, 4) is 6.07 Å². The molecule has 9 heteroatoms. The van der Waals surface area contributed by atoms with Gasteiger partial charge in [0.1, 0.15) is 6.07 Å². The van der Waals surface area contributed by atoms with E-state index in [0.717, 1.165) is 5.56 Å². The second kappa shape index (κ2) is 9.21. The quantitative estimate of drug-likeness (QED) is 0.462. The first-order valence-corrected chi connectivity index (χ1v) is 9.95. The van der Waals surface area contributed by atoms with Gasteiger partial charge in [-0.25, -0.2) is 4.79 Å². The van der Waals surface area contributed by atoms with Crippen molar-refractivity contribution in [3.63, 3.8) is 0 Å². The second-order valence-corrected chi connectivity index (χ2v) is 7.19. The molecule has 0 spiro atoms. The van der Waals surface area contributed by atoms with Crippen LogP contribution in [0, 0.1) is 11.3 Å². The molecule has 0 saturated heterocycles. The molecule has 2 atom stereocenters. The maximum atomic E-state index is 12.6. The van der Waals surface area contributed by atoms with Crippen LogP contribution in [0.15, 0.2) is 85.2 Å². The van der Waals surface area contributed by atoms with Crippen LogP contribution in [0.3, 0.4) is 0 Å². The van der Waals surface area contributed by atoms with E-state index in [1.807, 2.05) is 6.07 Å². The zero-order valence-electron chi connectivity index (χ0n) is 17.2. The molecule has 2 heterocycles. The first-order valence-electron chi connectivity index (χ1n) is 9.95. The highest BCUT2D eigenvalue weighted by molar-refractivity contribution is 5.97. The van der Waals surface area contributed by atoms with Gasteiger partial charge >= 0.3 is 6.09 Å². The molecule has 1 aliphatic heterocycles.